The zero-order valence-electron chi connectivity index (χ0n) is 10.5. The van der Waals surface area contributed by atoms with Crippen LogP contribution < -0.4 is 5.32 Å². The molecule has 2 unspecified atom stereocenters. The van der Waals surface area contributed by atoms with Gasteiger partial charge < -0.3 is 4.90 Å². The summed E-state index contributed by atoms with van der Waals surface area (Å²) in [7, 11) is 2.23. The van der Waals surface area contributed by atoms with Gasteiger partial charge in [0.05, 0.1) is 6.07 Å². The number of nitriles is 1. The highest BCUT2D eigenvalue weighted by Gasteiger charge is 2.43. The van der Waals surface area contributed by atoms with E-state index in [1.165, 1.54) is 19.3 Å². The van der Waals surface area contributed by atoms with Crippen molar-refractivity contribution in [2.75, 3.05) is 13.6 Å². The SMILES string of the molecule is CCCNC1(C#N)CCC(N(C)C2CC2)C1. The molecule has 0 aliphatic heterocycles. The largest absolute Gasteiger partial charge is 0.300 e. The smallest absolute Gasteiger partial charge is 0.108 e. The highest BCUT2D eigenvalue weighted by Crippen LogP contribution is 2.37. The Labute approximate surface area is 98.8 Å². The van der Waals surface area contributed by atoms with E-state index in [2.05, 4.69) is 30.3 Å². The molecule has 0 aromatic rings. The molecular weight excluding hydrogens is 198 g/mol. The molecule has 0 saturated heterocycles. The summed E-state index contributed by atoms with van der Waals surface area (Å²) < 4.78 is 0. The van der Waals surface area contributed by atoms with Crippen LogP contribution in [0.1, 0.15) is 45.4 Å². The van der Waals surface area contributed by atoms with Crippen molar-refractivity contribution >= 4 is 0 Å². The van der Waals surface area contributed by atoms with Crippen molar-refractivity contribution in [2.24, 2.45) is 0 Å². The first kappa shape index (κ1) is 11.9. The lowest BCUT2D eigenvalue weighted by Crippen LogP contribution is -2.44. The summed E-state index contributed by atoms with van der Waals surface area (Å²) in [4.78, 5) is 2.51. The van der Waals surface area contributed by atoms with Crippen LogP contribution in [0.25, 0.3) is 0 Å². The Balaban J connectivity index is 1.91. The number of hydrogen-bond acceptors (Lipinski definition) is 3. The zero-order valence-corrected chi connectivity index (χ0v) is 10.5. The molecule has 16 heavy (non-hydrogen) atoms. The van der Waals surface area contributed by atoms with Gasteiger partial charge >= 0.3 is 0 Å². The van der Waals surface area contributed by atoms with Crippen molar-refractivity contribution in [3.63, 3.8) is 0 Å². The second-order valence-electron chi connectivity index (χ2n) is 5.41. The molecule has 2 aliphatic carbocycles. The fourth-order valence-corrected chi connectivity index (χ4v) is 2.81. The molecule has 2 atom stereocenters. The van der Waals surface area contributed by atoms with Crippen molar-refractivity contribution in [1.82, 2.24) is 10.2 Å². The maximum absolute atomic E-state index is 9.37. The number of nitrogens with zero attached hydrogens (tertiary/aromatic N) is 2. The Morgan fingerprint density at radius 3 is 2.69 bits per heavy atom. The monoisotopic (exact) mass is 221 g/mol. The van der Waals surface area contributed by atoms with Gasteiger partial charge in [-0.15, -0.1) is 0 Å². The number of rotatable bonds is 5. The zero-order chi connectivity index (χ0) is 11.6. The van der Waals surface area contributed by atoms with Gasteiger partial charge in [0.15, 0.2) is 0 Å². The number of hydrogen-bond donors (Lipinski definition) is 1. The summed E-state index contributed by atoms with van der Waals surface area (Å²) in [6.45, 7) is 3.12. The first-order chi connectivity index (χ1) is 7.71. The van der Waals surface area contributed by atoms with Crippen LogP contribution in [0, 0.1) is 11.3 Å². The van der Waals surface area contributed by atoms with Gasteiger partial charge in [-0.25, -0.2) is 0 Å². The molecule has 0 bridgehead atoms. The van der Waals surface area contributed by atoms with Crippen molar-refractivity contribution in [3.05, 3.63) is 0 Å². The molecule has 3 heteroatoms. The molecule has 0 aromatic heterocycles. The predicted molar refractivity (Wildman–Crippen MR) is 65.1 cm³/mol. The molecule has 90 valence electrons. The normalized spacial score (nSPS) is 34.2. The lowest BCUT2D eigenvalue weighted by Gasteiger charge is -2.27. The summed E-state index contributed by atoms with van der Waals surface area (Å²) in [6, 6.07) is 3.95. The van der Waals surface area contributed by atoms with Crippen LogP contribution in [0.5, 0.6) is 0 Å². The van der Waals surface area contributed by atoms with Crippen LogP contribution in [0.4, 0.5) is 0 Å². The highest BCUT2D eigenvalue weighted by atomic mass is 15.2. The Hall–Kier alpha value is -0.590. The fourth-order valence-electron chi connectivity index (χ4n) is 2.81. The van der Waals surface area contributed by atoms with Gasteiger partial charge in [0.1, 0.15) is 5.54 Å². The molecule has 2 rings (SSSR count). The lowest BCUT2D eigenvalue weighted by atomic mass is 9.99. The average molecular weight is 221 g/mol. The van der Waals surface area contributed by atoms with Gasteiger partial charge in [-0.05, 0) is 52.1 Å². The number of nitrogens with one attached hydrogen (secondary N) is 1. The Kier molecular flexibility index (Phi) is 3.51. The molecule has 0 heterocycles. The van der Waals surface area contributed by atoms with Crippen LogP contribution >= 0.6 is 0 Å². The van der Waals surface area contributed by atoms with E-state index in [1.807, 2.05) is 0 Å². The van der Waals surface area contributed by atoms with Gasteiger partial charge in [-0.3, -0.25) is 5.32 Å². The molecule has 2 saturated carbocycles. The van der Waals surface area contributed by atoms with Crippen molar-refractivity contribution in [1.29, 1.82) is 5.26 Å². The Bertz CT molecular complexity index is 279. The summed E-state index contributed by atoms with van der Waals surface area (Å²) in [5.41, 5.74) is -0.232. The van der Waals surface area contributed by atoms with Crippen molar-refractivity contribution < 1.29 is 0 Å². The maximum atomic E-state index is 9.37. The van der Waals surface area contributed by atoms with E-state index in [-0.39, 0.29) is 5.54 Å². The molecule has 2 fully saturated rings. The predicted octanol–water partition coefficient (Wildman–Crippen LogP) is 1.90. The standard InChI is InChI=1S/C13H23N3/c1-3-8-15-13(10-14)7-6-12(9-13)16(2)11-4-5-11/h11-12,15H,3-9H2,1-2H3. The second kappa shape index (κ2) is 4.73. The third kappa shape index (κ3) is 2.39. The van der Waals surface area contributed by atoms with E-state index in [0.29, 0.717) is 6.04 Å². The molecular formula is C13H23N3. The van der Waals surface area contributed by atoms with Gasteiger partial charge in [0.2, 0.25) is 0 Å². The van der Waals surface area contributed by atoms with E-state index in [9.17, 15) is 5.26 Å². The van der Waals surface area contributed by atoms with Crippen LogP contribution in [0.3, 0.4) is 0 Å². The van der Waals surface area contributed by atoms with Crippen LogP contribution in [0.15, 0.2) is 0 Å². The van der Waals surface area contributed by atoms with Crippen LogP contribution in [-0.4, -0.2) is 36.1 Å². The van der Waals surface area contributed by atoms with E-state index in [0.717, 1.165) is 31.8 Å². The average Bonchev–Trinajstić information content (AvgIpc) is 3.07. The van der Waals surface area contributed by atoms with Crippen LogP contribution in [-0.2, 0) is 0 Å². The van der Waals surface area contributed by atoms with Gasteiger partial charge in [-0.1, -0.05) is 6.92 Å². The van der Waals surface area contributed by atoms with E-state index in [4.69, 9.17) is 0 Å². The molecule has 1 N–H and O–H groups in total. The minimum absolute atomic E-state index is 0.232. The van der Waals surface area contributed by atoms with Crippen molar-refractivity contribution in [3.8, 4) is 6.07 Å². The molecule has 0 amide bonds. The highest BCUT2D eigenvalue weighted by molar-refractivity contribution is 5.13. The third-order valence-corrected chi connectivity index (χ3v) is 4.11. The second-order valence-corrected chi connectivity index (χ2v) is 5.41. The molecule has 0 spiro atoms. The molecule has 0 radical (unpaired) electrons. The molecule has 3 nitrogen and oxygen atoms in total. The topological polar surface area (TPSA) is 39.1 Å². The van der Waals surface area contributed by atoms with Gasteiger partial charge in [-0.2, -0.15) is 5.26 Å². The summed E-state index contributed by atoms with van der Waals surface area (Å²) in [6.07, 6.45) is 7.02. The Morgan fingerprint density at radius 1 is 1.38 bits per heavy atom. The quantitative estimate of drug-likeness (QED) is 0.770. The van der Waals surface area contributed by atoms with E-state index >= 15 is 0 Å². The summed E-state index contributed by atoms with van der Waals surface area (Å²) in [5, 5.41) is 12.8. The third-order valence-electron chi connectivity index (χ3n) is 4.11. The minimum atomic E-state index is -0.232. The maximum Gasteiger partial charge on any atom is 0.108 e. The Morgan fingerprint density at radius 2 is 2.12 bits per heavy atom. The van der Waals surface area contributed by atoms with Crippen molar-refractivity contribution in [2.45, 2.75) is 63.1 Å². The molecule has 0 aromatic carbocycles. The first-order valence-corrected chi connectivity index (χ1v) is 6.59. The summed E-state index contributed by atoms with van der Waals surface area (Å²) >= 11 is 0. The molecule has 2 aliphatic rings. The fraction of sp³-hybridized carbons (Fsp3) is 0.923. The van der Waals surface area contributed by atoms with Gasteiger partial charge in [0, 0.05) is 12.1 Å². The van der Waals surface area contributed by atoms with Gasteiger partial charge in [0.25, 0.3) is 0 Å². The first-order valence-electron chi connectivity index (χ1n) is 6.59. The van der Waals surface area contributed by atoms with Crippen LogP contribution in [0.2, 0.25) is 0 Å². The van der Waals surface area contributed by atoms with E-state index in [1.54, 1.807) is 0 Å². The summed E-state index contributed by atoms with van der Waals surface area (Å²) in [5.74, 6) is 0. The van der Waals surface area contributed by atoms with E-state index < -0.39 is 0 Å². The minimum Gasteiger partial charge on any atom is -0.300 e. The lowest BCUT2D eigenvalue weighted by molar-refractivity contribution is 0.226.